The van der Waals surface area contributed by atoms with Crippen LogP contribution in [0.4, 0.5) is 0 Å². The summed E-state index contributed by atoms with van der Waals surface area (Å²) in [6.07, 6.45) is 0. The number of hydrogen-bond acceptors (Lipinski definition) is 4. The Bertz CT molecular complexity index is 380. The van der Waals surface area contributed by atoms with E-state index in [9.17, 15) is 4.79 Å². The van der Waals surface area contributed by atoms with Crippen molar-refractivity contribution in [2.45, 2.75) is 0 Å². The first-order valence-electron chi connectivity index (χ1n) is 5.71. The molecule has 1 amide bonds. The Morgan fingerprint density at radius 2 is 2.22 bits per heavy atom. The molecule has 0 radical (unpaired) electrons. The molecule has 18 heavy (non-hydrogen) atoms. The van der Waals surface area contributed by atoms with Crippen LogP contribution in [-0.2, 0) is 0 Å². The summed E-state index contributed by atoms with van der Waals surface area (Å²) in [4.78, 5) is 14.7. The second-order valence-electron chi connectivity index (χ2n) is 3.95. The summed E-state index contributed by atoms with van der Waals surface area (Å²) in [5, 5.41) is 8.56. The number of hydrogen-bond donors (Lipinski definition) is 2. The smallest absolute Gasteiger partial charge is 0.262 e. The van der Waals surface area contributed by atoms with Gasteiger partial charge in [-0.2, -0.15) is 0 Å². The van der Waals surface area contributed by atoms with Crippen molar-refractivity contribution in [1.82, 2.24) is 15.5 Å². The molecule has 102 valence electrons. The highest BCUT2D eigenvalue weighted by Gasteiger charge is 2.12. The Morgan fingerprint density at radius 1 is 1.50 bits per heavy atom. The Hall–Kier alpha value is -0.330. The van der Waals surface area contributed by atoms with Gasteiger partial charge in [-0.3, -0.25) is 9.69 Å². The van der Waals surface area contributed by atoms with Crippen molar-refractivity contribution in [3.05, 3.63) is 21.3 Å². The summed E-state index contributed by atoms with van der Waals surface area (Å²) in [6, 6.07) is 1.75. The minimum Gasteiger partial charge on any atom is -0.350 e. The highest BCUT2D eigenvalue weighted by atomic mass is 35.5. The largest absolute Gasteiger partial charge is 0.350 e. The van der Waals surface area contributed by atoms with Gasteiger partial charge in [0.2, 0.25) is 0 Å². The molecule has 1 aliphatic rings. The first-order valence-corrected chi connectivity index (χ1v) is 6.97. The maximum Gasteiger partial charge on any atom is 0.262 e. The van der Waals surface area contributed by atoms with E-state index in [0.717, 1.165) is 32.7 Å². The Kier molecular flexibility index (Phi) is 6.96. The Morgan fingerprint density at radius 3 is 2.83 bits per heavy atom. The zero-order valence-electron chi connectivity index (χ0n) is 9.95. The second-order valence-corrected chi connectivity index (χ2v) is 5.27. The van der Waals surface area contributed by atoms with Crippen molar-refractivity contribution in [2.75, 3.05) is 39.3 Å². The molecule has 1 aliphatic heterocycles. The molecule has 7 heteroatoms. The van der Waals surface area contributed by atoms with Crippen molar-refractivity contribution in [3.63, 3.8) is 0 Å². The zero-order valence-corrected chi connectivity index (χ0v) is 12.3. The number of carbonyl (C=O) groups excluding carboxylic acids is 1. The Balaban J connectivity index is 0.00000162. The minimum absolute atomic E-state index is 0. The number of amides is 1. The van der Waals surface area contributed by atoms with Gasteiger partial charge in [0, 0.05) is 39.3 Å². The maximum atomic E-state index is 11.8. The molecule has 2 heterocycles. The van der Waals surface area contributed by atoms with Crippen LogP contribution in [0.25, 0.3) is 0 Å². The average molecular weight is 310 g/mol. The Labute approximate surface area is 122 Å². The lowest BCUT2D eigenvalue weighted by Gasteiger charge is -2.27. The number of rotatable bonds is 4. The van der Waals surface area contributed by atoms with E-state index < -0.39 is 0 Å². The lowest BCUT2D eigenvalue weighted by atomic mass is 10.3. The van der Waals surface area contributed by atoms with Crippen LogP contribution in [0.2, 0.25) is 5.02 Å². The molecule has 1 fully saturated rings. The molecular weight excluding hydrogens is 293 g/mol. The summed E-state index contributed by atoms with van der Waals surface area (Å²) in [6.45, 7) is 5.74. The molecule has 0 aliphatic carbocycles. The lowest BCUT2D eigenvalue weighted by Crippen LogP contribution is -2.46. The zero-order chi connectivity index (χ0) is 12.1. The van der Waals surface area contributed by atoms with Crippen LogP contribution in [-0.4, -0.2) is 50.1 Å². The standard InChI is InChI=1S/C11H16ClN3OS.ClH/c12-9-1-8-17-10(9)11(16)14-4-7-15-5-2-13-3-6-15;/h1,8,13H,2-7H2,(H,14,16);1H. The number of carbonyl (C=O) groups is 1. The molecule has 0 bridgehead atoms. The first kappa shape index (κ1) is 15.7. The molecule has 1 saturated heterocycles. The van der Waals surface area contributed by atoms with Crippen molar-refractivity contribution in [3.8, 4) is 0 Å². The van der Waals surface area contributed by atoms with E-state index in [0.29, 0.717) is 16.4 Å². The van der Waals surface area contributed by atoms with E-state index in [1.54, 1.807) is 6.07 Å². The van der Waals surface area contributed by atoms with E-state index in [-0.39, 0.29) is 18.3 Å². The number of nitrogens with one attached hydrogen (secondary N) is 2. The van der Waals surface area contributed by atoms with Crippen LogP contribution in [0.5, 0.6) is 0 Å². The SMILES string of the molecule is Cl.O=C(NCCN1CCNCC1)c1sccc1Cl. The quantitative estimate of drug-likeness (QED) is 0.885. The molecule has 0 spiro atoms. The molecule has 1 aromatic rings. The normalized spacial score (nSPS) is 16.1. The van der Waals surface area contributed by atoms with Gasteiger partial charge in [-0.25, -0.2) is 0 Å². The van der Waals surface area contributed by atoms with Crippen molar-refractivity contribution < 1.29 is 4.79 Å². The highest BCUT2D eigenvalue weighted by Crippen LogP contribution is 2.21. The monoisotopic (exact) mass is 309 g/mol. The van der Waals surface area contributed by atoms with Gasteiger partial charge >= 0.3 is 0 Å². The number of halogens is 2. The molecule has 2 N–H and O–H groups in total. The van der Waals surface area contributed by atoms with Gasteiger partial charge in [0.15, 0.2) is 0 Å². The van der Waals surface area contributed by atoms with Crippen LogP contribution < -0.4 is 10.6 Å². The van der Waals surface area contributed by atoms with Gasteiger partial charge in [0.1, 0.15) is 4.88 Å². The molecule has 0 atom stereocenters. The number of piperazine rings is 1. The summed E-state index contributed by atoms with van der Waals surface area (Å²) < 4.78 is 0. The van der Waals surface area contributed by atoms with Crippen LogP contribution in [0, 0.1) is 0 Å². The molecular formula is C11H17Cl2N3OS. The van der Waals surface area contributed by atoms with Gasteiger partial charge in [-0.1, -0.05) is 11.6 Å². The number of thiophene rings is 1. The van der Waals surface area contributed by atoms with Crippen molar-refractivity contribution in [2.24, 2.45) is 0 Å². The van der Waals surface area contributed by atoms with Gasteiger partial charge in [-0.15, -0.1) is 23.7 Å². The van der Waals surface area contributed by atoms with E-state index in [1.807, 2.05) is 5.38 Å². The van der Waals surface area contributed by atoms with Gasteiger partial charge in [-0.05, 0) is 11.4 Å². The minimum atomic E-state index is -0.0693. The summed E-state index contributed by atoms with van der Waals surface area (Å²) >= 11 is 7.27. The summed E-state index contributed by atoms with van der Waals surface area (Å²) in [7, 11) is 0. The fourth-order valence-corrected chi connectivity index (χ4v) is 2.86. The highest BCUT2D eigenvalue weighted by molar-refractivity contribution is 7.12. The predicted octanol–water partition coefficient (Wildman–Crippen LogP) is 1.46. The fourth-order valence-electron chi connectivity index (χ4n) is 1.80. The third kappa shape index (κ3) is 4.40. The van der Waals surface area contributed by atoms with E-state index >= 15 is 0 Å². The second kappa shape index (κ2) is 7.96. The molecule has 1 aromatic heterocycles. The first-order chi connectivity index (χ1) is 8.27. The van der Waals surface area contributed by atoms with Crippen LogP contribution in [0.3, 0.4) is 0 Å². The van der Waals surface area contributed by atoms with Gasteiger partial charge < -0.3 is 10.6 Å². The summed E-state index contributed by atoms with van der Waals surface area (Å²) in [5.74, 6) is -0.0693. The molecule has 0 saturated carbocycles. The average Bonchev–Trinajstić information content (AvgIpc) is 2.77. The lowest BCUT2D eigenvalue weighted by molar-refractivity contribution is 0.0951. The van der Waals surface area contributed by atoms with E-state index in [2.05, 4.69) is 15.5 Å². The molecule has 2 rings (SSSR count). The molecule has 4 nitrogen and oxygen atoms in total. The molecule has 0 aromatic carbocycles. The van der Waals surface area contributed by atoms with Gasteiger partial charge in [0.05, 0.1) is 5.02 Å². The topological polar surface area (TPSA) is 44.4 Å². The third-order valence-corrected chi connectivity index (χ3v) is 4.09. The van der Waals surface area contributed by atoms with Crippen molar-refractivity contribution >= 4 is 41.3 Å². The molecule has 0 unspecified atom stereocenters. The van der Waals surface area contributed by atoms with Crippen LogP contribution >= 0.6 is 35.3 Å². The summed E-state index contributed by atoms with van der Waals surface area (Å²) in [5.41, 5.74) is 0. The van der Waals surface area contributed by atoms with Crippen LogP contribution in [0.1, 0.15) is 9.67 Å². The van der Waals surface area contributed by atoms with E-state index in [1.165, 1.54) is 11.3 Å². The van der Waals surface area contributed by atoms with Crippen LogP contribution in [0.15, 0.2) is 11.4 Å². The van der Waals surface area contributed by atoms with E-state index in [4.69, 9.17) is 11.6 Å². The fraction of sp³-hybridized carbons (Fsp3) is 0.545. The van der Waals surface area contributed by atoms with Gasteiger partial charge in [0.25, 0.3) is 5.91 Å². The number of nitrogens with zero attached hydrogens (tertiary/aromatic N) is 1. The maximum absolute atomic E-state index is 11.8. The third-order valence-electron chi connectivity index (χ3n) is 2.75. The van der Waals surface area contributed by atoms with Crippen molar-refractivity contribution in [1.29, 1.82) is 0 Å². The predicted molar refractivity (Wildman–Crippen MR) is 78.2 cm³/mol.